The summed E-state index contributed by atoms with van der Waals surface area (Å²) >= 11 is 0. The Morgan fingerprint density at radius 1 is 0.914 bits per heavy atom. The number of benzene rings is 3. The fourth-order valence-corrected chi connectivity index (χ4v) is 3.93. The fourth-order valence-electron chi connectivity index (χ4n) is 3.93. The van der Waals surface area contributed by atoms with Crippen molar-refractivity contribution in [2.45, 2.75) is 6.54 Å². The smallest absolute Gasteiger partial charge is 0.141 e. The average Bonchev–Trinajstić information content (AvgIpc) is 2.87. The maximum Gasteiger partial charge on any atom is 0.141 e. The van der Waals surface area contributed by atoms with Crippen molar-refractivity contribution in [2.75, 3.05) is 11.1 Å². The predicted octanol–water partition coefficient (Wildman–Crippen LogP) is 5.58. The van der Waals surface area contributed by atoms with Crippen LogP contribution in [0, 0.1) is 17.0 Å². The SMILES string of the molecule is N=C(c1cccc(F)c1)c1c(N)ncnc1NCc1cc2ccccc2nc1-c1ccccc1F. The van der Waals surface area contributed by atoms with E-state index in [1.54, 1.807) is 24.3 Å². The summed E-state index contributed by atoms with van der Waals surface area (Å²) in [5, 5.41) is 12.7. The lowest BCUT2D eigenvalue weighted by Crippen LogP contribution is -2.14. The number of rotatable bonds is 6. The quantitative estimate of drug-likeness (QED) is 0.284. The number of nitrogens with two attached hydrogens (primary N) is 1. The zero-order valence-corrected chi connectivity index (χ0v) is 18.5. The van der Waals surface area contributed by atoms with E-state index < -0.39 is 5.82 Å². The Morgan fingerprint density at radius 2 is 1.71 bits per heavy atom. The average molecular weight is 466 g/mol. The number of aromatic nitrogens is 3. The first kappa shape index (κ1) is 22.1. The van der Waals surface area contributed by atoms with Gasteiger partial charge in [-0.05, 0) is 42.0 Å². The second kappa shape index (κ2) is 9.26. The van der Waals surface area contributed by atoms with Gasteiger partial charge in [-0.1, -0.05) is 42.5 Å². The van der Waals surface area contributed by atoms with Gasteiger partial charge in [0.1, 0.15) is 29.6 Å². The maximum atomic E-state index is 14.7. The number of pyridine rings is 1. The van der Waals surface area contributed by atoms with Crippen LogP contribution in [0.15, 0.2) is 85.2 Å². The van der Waals surface area contributed by atoms with Crippen LogP contribution in [0.25, 0.3) is 22.2 Å². The topological polar surface area (TPSA) is 101 Å². The molecule has 5 rings (SSSR count). The Kier molecular flexibility index (Phi) is 5.85. The molecule has 0 atom stereocenters. The molecule has 5 aromatic rings. The minimum Gasteiger partial charge on any atom is -0.383 e. The lowest BCUT2D eigenvalue weighted by Gasteiger charge is -2.16. The second-order valence-electron chi connectivity index (χ2n) is 7.89. The highest BCUT2D eigenvalue weighted by Gasteiger charge is 2.18. The Bertz CT molecular complexity index is 1570. The van der Waals surface area contributed by atoms with Crippen molar-refractivity contribution in [1.29, 1.82) is 5.41 Å². The number of nitrogens with one attached hydrogen (secondary N) is 2. The third kappa shape index (κ3) is 4.41. The van der Waals surface area contributed by atoms with Crippen LogP contribution in [0.1, 0.15) is 16.7 Å². The van der Waals surface area contributed by atoms with Crippen molar-refractivity contribution in [1.82, 2.24) is 15.0 Å². The van der Waals surface area contributed by atoms with Crippen molar-refractivity contribution in [3.63, 3.8) is 0 Å². The van der Waals surface area contributed by atoms with E-state index >= 15 is 0 Å². The van der Waals surface area contributed by atoms with Crippen LogP contribution in [0.3, 0.4) is 0 Å². The van der Waals surface area contributed by atoms with Crippen LogP contribution in [0.2, 0.25) is 0 Å². The van der Waals surface area contributed by atoms with E-state index in [0.717, 1.165) is 16.5 Å². The largest absolute Gasteiger partial charge is 0.383 e. The predicted molar refractivity (Wildman–Crippen MR) is 133 cm³/mol. The van der Waals surface area contributed by atoms with Crippen molar-refractivity contribution in [3.05, 3.63) is 114 Å². The highest BCUT2D eigenvalue weighted by atomic mass is 19.1. The molecular weight excluding hydrogens is 446 g/mol. The highest BCUT2D eigenvalue weighted by Crippen LogP contribution is 2.29. The molecule has 6 nitrogen and oxygen atoms in total. The lowest BCUT2D eigenvalue weighted by molar-refractivity contribution is 0.627. The molecule has 2 aromatic heterocycles. The first-order chi connectivity index (χ1) is 17.0. The Hall–Kier alpha value is -4.72. The number of para-hydroxylation sites is 1. The van der Waals surface area contributed by atoms with Gasteiger partial charge in [-0.2, -0.15) is 0 Å². The molecular formula is C27H20F2N6. The molecule has 0 spiro atoms. The van der Waals surface area contributed by atoms with E-state index in [4.69, 9.17) is 16.1 Å². The van der Waals surface area contributed by atoms with Crippen molar-refractivity contribution in [3.8, 4) is 11.3 Å². The number of halogens is 2. The molecule has 0 aliphatic rings. The number of anilines is 2. The van der Waals surface area contributed by atoms with Crippen LogP contribution in [0.4, 0.5) is 20.4 Å². The summed E-state index contributed by atoms with van der Waals surface area (Å²) in [7, 11) is 0. The number of hydrogen-bond donors (Lipinski definition) is 3. The van der Waals surface area contributed by atoms with E-state index in [9.17, 15) is 8.78 Å². The van der Waals surface area contributed by atoms with Gasteiger partial charge in [0, 0.05) is 23.1 Å². The maximum absolute atomic E-state index is 14.7. The summed E-state index contributed by atoms with van der Waals surface area (Å²) in [6.45, 7) is 0.224. The molecule has 0 unspecified atom stereocenters. The molecule has 0 saturated heterocycles. The summed E-state index contributed by atoms with van der Waals surface area (Å²) in [6.07, 6.45) is 1.29. The van der Waals surface area contributed by atoms with Gasteiger partial charge in [-0.15, -0.1) is 0 Å². The monoisotopic (exact) mass is 466 g/mol. The number of fused-ring (bicyclic) bond motifs is 1. The van der Waals surface area contributed by atoms with Gasteiger partial charge in [0.2, 0.25) is 0 Å². The van der Waals surface area contributed by atoms with Crippen LogP contribution in [-0.4, -0.2) is 20.7 Å². The van der Waals surface area contributed by atoms with E-state index in [1.807, 2.05) is 30.3 Å². The van der Waals surface area contributed by atoms with E-state index in [0.29, 0.717) is 22.6 Å². The van der Waals surface area contributed by atoms with Gasteiger partial charge in [-0.3, -0.25) is 5.41 Å². The molecule has 0 fully saturated rings. The standard InChI is InChI=1S/C27H20F2N6/c28-19-8-5-7-17(13-19)24(30)23-26(31)33-15-34-27(23)32-14-18-12-16-6-1-4-11-22(16)35-25(18)20-9-2-3-10-21(20)29/h1-13,15,30H,14H2,(H3,31,32,33,34). The summed E-state index contributed by atoms with van der Waals surface area (Å²) in [5.74, 6) is -0.451. The Balaban J connectivity index is 1.55. The molecule has 0 radical (unpaired) electrons. The Morgan fingerprint density at radius 3 is 2.54 bits per heavy atom. The first-order valence-corrected chi connectivity index (χ1v) is 10.8. The summed E-state index contributed by atoms with van der Waals surface area (Å²) in [5.41, 5.74) is 9.02. The van der Waals surface area contributed by atoms with E-state index in [2.05, 4.69) is 15.3 Å². The van der Waals surface area contributed by atoms with Gasteiger partial charge >= 0.3 is 0 Å². The number of nitrogens with zero attached hydrogens (tertiary/aromatic N) is 3. The lowest BCUT2D eigenvalue weighted by atomic mass is 10.0. The van der Waals surface area contributed by atoms with E-state index in [-0.39, 0.29) is 29.5 Å². The molecule has 4 N–H and O–H groups in total. The number of hydrogen-bond acceptors (Lipinski definition) is 6. The fraction of sp³-hybridized carbons (Fsp3) is 0.0370. The molecule has 2 heterocycles. The third-order valence-corrected chi connectivity index (χ3v) is 5.62. The minimum absolute atomic E-state index is 0.0175. The summed E-state index contributed by atoms with van der Waals surface area (Å²) in [6, 6.07) is 21.7. The van der Waals surface area contributed by atoms with Gasteiger partial charge in [-0.25, -0.2) is 23.7 Å². The summed E-state index contributed by atoms with van der Waals surface area (Å²) < 4.78 is 28.5. The molecule has 3 aromatic carbocycles. The molecule has 0 aliphatic carbocycles. The molecule has 35 heavy (non-hydrogen) atoms. The zero-order valence-electron chi connectivity index (χ0n) is 18.5. The molecule has 8 heteroatoms. The highest BCUT2D eigenvalue weighted by molar-refractivity contribution is 6.16. The molecule has 0 saturated carbocycles. The van der Waals surface area contributed by atoms with E-state index in [1.165, 1.54) is 30.6 Å². The molecule has 0 bridgehead atoms. The number of nitrogen functional groups attached to an aromatic ring is 1. The van der Waals surface area contributed by atoms with Gasteiger partial charge in [0.05, 0.1) is 22.5 Å². The normalized spacial score (nSPS) is 10.9. The van der Waals surface area contributed by atoms with Gasteiger partial charge < -0.3 is 11.1 Å². The van der Waals surface area contributed by atoms with Crippen LogP contribution in [0.5, 0.6) is 0 Å². The zero-order chi connectivity index (χ0) is 24.4. The molecule has 172 valence electrons. The molecule has 0 amide bonds. The van der Waals surface area contributed by atoms with Gasteiger partial charge in [0.25, 0.3) is 0 Å². The van der Waals surface area contributed by atoms with Gasteiger partial charge in [0.15, 0.2) is 0 Å². The van der Waals surface area contributed by atoms with Crippen LogP contribution >= 0.6 is 0 Å². The first-order valence-electron chi connectivity index (χ1n) is 10.8. The van der Waals surface area contributed by atoms with Crippen molar-refractivity contribution in [2.24, 2.45) is 0 Å². The Labute approximate surface area is 200 Å². The molecule has 0 aliphatic heterocycles. The van der Waals surface area contributed by atoms with Crippen LogP contribution in [-0.2, 0) is 6.54 Å². The third-order valence-electron chi connectivity index (χ3n) is 5.62. The van der Waals surface area contributed by atoms with Crippen molar-refractivity contribution >= 4 is 28.3 Å². The summed E-state index contributed by atoms with van der Waals surface area (Å²) in [4.78, 5) is 13.0. The van der Waals surface area contributed by atoms with Crippen molar-refractivity contribution < 1.29 is 8.78 Å². The van der Waals surface area contributed by atoms with Crippen LogP contribution < -0.4 is 11.1 Å². The second-order valence-corrected chi connectivity index (χ2v) is 7.89. The minimum atomic E-state index is -0.464.